The van der Waals surface area contributed by atoms with Gasteiger partial charge in [-0.05, 0) is 4.48 Å². The molecule has 0 aromatic rings. The maximum Gasteiger partial charge on any atom is 0.175 e. The minimum Gasteiger partial charge on any atom is -0.235 e. The average Bonchev–Trinajstić information content (AvgIpc) is 2.11. The Balaban J connectivity index is 3.13. The van der Waals surface area contributed by atoms with E-state index < -0.39 is 35.5 Å². The summed E-state index contributed by atoms with van der Waals surface area (Å²) < 4.78 is 53.3. The van der Waals surface area contributed by atoms with Crippen molar-refractivity contribution in [2.75, 3.05) is 0 Å². The van der Waals surface area contributed by atoms with E-state index in [1.165, 1.54) is 0 Å². The van der Waals surface area contributed by atoms with Crippen LogP contribution in [0.5, 0.6) is 0 Å². The first-order valence-corrected chi connectivity index (χ1v) is 5.03. The molecule has 0 nitrogen and oxygen atoms in total. The smallest absolute Gasteiger partial charge is 0.175 e. The van der Waals surface area contributed by atoms with Crippen LogP contribution in [0.2, 0.25) is 0 Å². The lowest BCUT2D eigenvalue weighted by Crippen LogP contribution is -2.35. The van der Waals surface area contributed by atoms with Crippen LogP contribution in [0.15, 0.2) is 34.6 Å². The molecule has 0 fully saturated rings. The van der Waals surface area contributed by atoms with Crippen molar-refractivity contribution in [2.24, 2.45) is 5.92 Å². The van der Waals surface area contributed by atoms with Gasteiger partial charge in [-0.1, -0.05) is 29.4 Å². The molecule has 0 aliphatic heterocycles. The SMILES string of the molecule is C=C(Br)CC1(F)C(F)=CC(F)=C(F)C1C. The van der Waals surface area contributed by atoms with Gasteiger partial charge in [-0.15, -0.1) is 0 Å². The van der Waals surface area contributed by atoms with Gasteiger partial charge in [0.25, 0.3) is 0 Å². The van der Waals surface area contributed by atoms with Crippen molar-refractivity contribution in [3.8, 4) is 0 Å². The van der Waals surface area contributed by atoms with Gasteiger partial charge in [0, 0.05) is 12.5 Å². The fraction of sp³-hybridized carbons (Fsp3) is 0.400. The predicted octanol–water partition coefficient (Wildman–Crippen LogP) is 4.65. The van der Waals surface area contributed by atoms with Crippen LogP contribution in [0.4, 0.5) is 17.6 Å². The number of hydrogen-bond donors (Lipinski definition) is 0. The molecule has 84 valence electrons. The van der Waals surface area contributed by atoms with Crippen molar-refractivity contribution < 1.29 is 17.6 Å². The van der Waals surface area contributed by atoms with Crippen LogP contribution >= 0.6 is 15.9 Å². The molecule has 0 saturated carbocycles. The Hall–Kier alpha value is -0.580. The van der Waals surface area contributed by atoms with Crippen LogP contribution in [-0.4, -0.2) is 5.67 Å². The lowest BCUT2D eigenvalue weighted by atomic mass is 9.82. The average molecular weight is 285 g/mol. The molecule has 0 bridgehead atoms. The summed E-state index contributed by atoms with van der Waals surface area (Å²) in [5.74, 6) is -5.42. The number of alkyl halides is 1. The van der Waals surface area contributed by atoms with E-state index in [4.69, 9.17) is 0 Å². The van der Waals surface area contributed by atoms with Crippen LogP contribution in [-0.2, 0) is 0 Å². The fourth-order valence-electron chi connectivity index (χ4n) is 1.43. The van der Waals surface area contributed by atoms with Gasteiger partial charge < -0.3 is 0 Å². The highest BCUT2D eigenvalue weighted by Crippen LogP contribution is 2.46. The third-order valence-electron chi connectivity index (χ3n) is 2.39. The standard InChI is InChI=1S/C10H9BrF4/c1-5(11)4-10(15)6(2)9(14)7(12)3-8(10)13/h3,6H,1,4H2,2H3. The predicted molar refractivity (Wildman–Crippen MR) is 54.1 cm³/mol. The van der Waals surface area contributed by atoms with E-state index >= 15 is 0 Å². The van der Waals surface area contributed by atoms with E-state index in [1.54, 1.807) is 0 Å². The molecule has 0 radical (unpaired) electrons. The summed E-state index contributed by atoms with van der Waals surface area (Å²) in [7, 11) is 0. The zero-order chi connectivity index (χ0) is 11.8. The molecule has 0 heterocycles. The van der Waals surface area contributed by atoms with Crippen molar-refractivity contribution in [3.63, 3.8) is 0 Å². The van der Waals surface area contributed by atoms with Crippen molar-refractivity contribution in [2.45, 2.75) is 19.0 Å². The van der Waals surface area contributed by atoms with Crippen molar-refractivity contribution >= 4 is 15.9 Å². The molecule has 1 aliphatic carbocycles. The lowest BCUT2D eigenvalue weighted by Gasteiger charge is -2.31. The Morgan fingerprint density at radius 1 is 1.53 bits per heavy atom. The molecule has 0 aromatic carbocycles. The van der Waals surface area contributed by atoms with Crippen LogP contribution < -0.4 is 0 Å². The molecule has 0 amide bonds. The number of rotatable bonds is 2. The first-order valence-electron chi connectivity index (χ1n) is 4.24. The lowest BCUT2D eigenvalue weighted by molar-refractivity contribution is 0.104. The maximum absolute atomic E-state index is 14.1. The van der Waals surface area contributed by atoms with E-state index in [9.17, 15) is 17.6 Å². The highest BCUT2D eigenvalue weighted by molar-refractivity contribution is 9.11. The highest BCUT2D eigenvalue weighted by Gasteiger charge is 2.47. The first kappa shape index (κ1) is 12.5. The second-order valence-corrected chi connectivity index (χ2v) is 4.59. The molecule has 0 N–H and O–H groups in total. The third kappa shape index (κ3) is 2.17. The maximum atomic E-state index is 14.1. The second kappa shape index (κ2) is 4.12. The number of hydrogen-bond acceptors (Lipinski definition) is 0. The van der Waals surface area contributed by atoms with Gasteiger partial charge in [-0.3, -0.25) is 0 Å². The molecule has 2 atom stereocenters. The van der Waals surface area contributed by atoms with Crippen LogP contribution in [0, 0.1) is 5.92 Å². The molecule has 2 unspecified atom stereocenters. The molecule has 5 heteroatoms. The zero-order valence-electron chi connectivity index (χ0n) is 7.96. The van der Waals surface area contributed by atoms with E-state index in [0.717, 1.165) is 6.92 Å². The van der Waals surface area contributed by atoms with Gasteiger partial charge in [-0.2, -0.15) is 0 Å². The van der Waals surface area contributed by atoms with E-state index in [-0.39, 0.29) is 10.6 Å². The fourth-order valence-corrected chi connectivity index (χ4v) is 1.84. The molecule has 0 saturated heterocycles. The Kier molecular flexibility index (Phi) is 3.43. The topological polar surface area (TPSA) is 0 Å². The van der Waals surface area contributed by atoms with Gasteiger partial charge in [0.05, 0.1) is 5.92 Å². The summed E-state index contributed by atoms with van der Waals surface area (Å²) in [4.78, 5) is 0. The number of allylic oxidation sites excluding steroid dienone is 5. The molecule has 0 spiro atoms. The quantitative estimate of drug-likeness (QED) is 0.648. The van der Waals surface area contributed by atoms with Crippen molar-refractivity contribution in [3.05, 3.63) is 34.6 Å². The number of halogens is 5. The second-order valence-electron chi connectivity index (χ2n) is 3.47. The Morgan fingerprint density at radius 3 is 2.53 bits per heavy atom. The van der Waals surface area contributed by atoms with Crippen molar-refractivity contribution in [1.82, 2.24) is 0 Å². The Bertz CT molecular complexity index is 358. The molecular weight excluding hydrogens is 276 g/mol. The molecule has 1 rings (SSSR count). The summed E-state index contributed by atoms with van der Waals surface area (Å²) >= 11 is 2.87. The monoisotopic (exact) mass is 284 g/mol. The van der Waals surface area contributed by atoms with Gasteiger partial charge in [0.2, 0.25) is 0 Å². The molecule has 15 heavy (non-hydrogen) atoms. The summed E-state index contributed by atoms with van der Waals surface area (Å²) in [6.45, 7) is 4.45. The Morgan fingerprint density at radius 2 is 2.07 bits per heavy atom. The van der Waals surface area contributed by atoms with Crippen LogP contribution in [0.3, 0.4) is 0 Å². The summed E-state index contributed by atoms with van der Waals surface area (Å²) in [5, 5.41) is 0. The van der Waals surface area contributed by atoms with Gasteiger partial charge in [0.1, 0.15) is 11.7 Å². The molecular formula is C10H9BrF4. The van der Waals surface area contributed by atoms with Crippen LogP contribution in [0.1, 0.15) is 13.3 Å². The summed E-state index contributed by atoms with van der Waals surface area (Å²) in [6.07, 6.45) is -0.192. The van der Waals surface area contributed by atoms with Gasteiger partial charge in [0.15, 0.2) is 11.5 Å². The third-order valence-corrected chi connectivity index (χ3v) is 2.67. The largest absolute Gasteiger partial charge is 0.235 e. The first-order chi connectivity index (χ1) is 6.79. The normalized spacial score (nSPS) is 31.6. The zero-order valence-corrected chi connectivity index (χ0v) is 9.54. The Labute approximate surface area is 93.5 Å². The minimum atomic E-state index is -2.56. The van der Waals surface area contributed by atoms with E-state index in [0.29, 0.717) is 0 Å². The van der Waals surface area contributed by atoms with E-state index in [2.05, 4.69) is 22.5 Å². The summed E-state index contributed by atoms with van der Waals surface area (Å²) in [6, 6.07) is 0. The highest BCUT2D eigenvalue weighted by atomic mass is 79.9. The van der Waals surface area contributed by atoms with Gasteiger partial charge >= 0.3 is 0 Å². The minimum absolute atomic E-state index is 0.190. The van der Waals surface area contributed by atoms with Crippen molar-refractivity contribution in [1.29, 1.82) is 0 Å². The summed E-state index contributed by atoms with van der Waals surface area (Å²) in [5.41, 5.74) is -2.56. The van der Waals surface area contributed by atoms with E-state index in [1.807, 2.05) is 0 Å². The van der Waals surface area contributed by atoms with Gasteiger partial charge in [-0.25, -0.2) is 17.6 Å². The molecule has 1 aliphatic rings. The van der Waals surface area contributed by atoms with Crippen LogP contribution in [0.25, 0.3) is 0 Å². The molecule has 0 aromatic heterocycles.